The number of carbonyl (C=O) groups excluding carboxylic acids is 2. The van der Waals surface area contributed by atoms with Crippen molar-refractivity contribution in [3.05, 3.63) is 47.5 Å². The fourth-order valence-electron chi connectivity index (χ4n) is 2.36. The van der Waals surface area contributed by atoms with Gasteiger partial charge in [0.05, 0.1) is 7.11 Å². The number of rotatable bonds is 7. The van der Waals surface area contributed by atoms with Gasteiger partial charge in [-0.25, -0.2) is 0 Å². The summed E-state index contributed by atoms with van der Waals surface area (Å²) in [6.45, 7) is 0.0547. The summed E-state index contributed by atoms with van der Waals surface area (Å²) >= 11 is 0. The molecule has 0 atom stereocenters. The largest absolute Gasteiger partial charge is 0.493 e. The van der Waals surface area contributed by atoms with Crippen LogP contribution >= 0.6 is 0 Å². The summed E-state index contributed by atoms with van der Waals surface area (Å²) in [6.07, 6.45) is 0. The highest BCUT2D eigenvalue weighted by Gasteiger charge is 2.10. The van der Waals surface area contributed by atoms with Crippen LogP contribution in [0.4, 0.5) is 0 Å². The van der Waals surface area contributed by atoms with E-state index >= 15 is 0 Å². The number of nitrogens with two attached hydrogens (primary N) is 1. The molecule has 0 saturated carbocycles. The topological polar surface area (TPSA) is 132 Å². The van der Waals surface area contributed by atoms with Gasteiger partial charge in [0.25, 0.3) is 11.8 Å². The zero-order valence-electron chi connectivity index (χ0n) is 14.0. The number of nitrogens with zero attached hydrogens (tertiary/aromatic N) is 2. The van der Waals surface area contributed by atoms with Crippen LogP contribution in [0, 0.1) is 0 Å². The van der Waals surface area contributed by atoms with E-state index in [1.807, 2.05) is 0 Å². The van der Waals surface area contributed by atoms with Gasteiger partial charge in [-0.3, -0.25) is 9.59 Å². The molecule has 2 amide bonds. The van der Waals surface area contributed by atoms with Crippen molar-refractivity contribution in [2.24, 2.45) is 5.73 Å². The van der Waals surface area contributed by atoms with Crippen molar-refractivity contribution in [1.29, 1.82) is 0 Å². The molecule has 0 aliphatic heterocycles. The van der Waals surface area contributed by atoms with Gasteiger partial charge in [0.15, 0.2) is 18.1 Å². The molecule has 4 N–H and O–H groups in total. The van der Waals surface area contributed by atoms with E-state index in [2.05, 4.69) is 20.7 Å². The maximum Gasteiger partial charge on any atom is 0.255 e. The molecule has 0 spiro atoms. The molecule has 0 aliphatic carbocycles. The highest BCUT2D eigenvalue weighted by molar-refractivity contribution is 5.97. The van der Waals surface area contributed by atoms with Crippen molar-refractivity contribution < 1.29 is 19.1 Å². The van der Waals surface area contributed by atoms with Crippen molar-refractivity contribution in [3.63, 3.8) is 0 Å². The van der Waals surface area contributed by atoms with Crippen LogP contribution in [0.2, 0.25) is 0 Å². The normalized spacial score (nSPS) is 10.5. The Kier molecular flexibility index (Phi) is 4.97. The molecule has 2 aromatic carbocycles. The Balaban J connectivity index is 1.66. The lowest BCUT2D eigenvalue weighted by Crippen LogP contribution is -2.23. The lowest BCUT2D eigenvalue weighted by molar-refractivity contribution is -0.119. The molecule has 1 aromatic heterocycles. The van der Waals surface area contributed by atoms with Gasteiger partial charge in [-0.15, -0.1) is 0 Å². The summed E-state index contributed by atoms with van der Waals surface area (Å²) in [5.41, 5.74) is 7.67. The van der Waals surface area contributed by atoms with Gasteiger partial charge in [0.2, 0.25) is 0 Å². The summed E-state index contributed by atoms with van der Waals surface area (Å²) in [4.78, 5) is 23.1. The summed E-state index contributed by atoms with van der Waals surface area (Å²) in [5, 5.41) is 13.2. The molecule has 26 heavy (non-hydrogen) atoms. The Hall–Kier alpha value is -3.62. The molecule has 0 fully saturated rings. The highest BCUT2D eigenvalue weighted by atomic mass is 16.5. The second-order valence-corrected chi connectivity index (χ2v) is 5.45. The van der Waals surface area contributed by atoms with Gasteiger partial charge in [-0.2, -0.15) is 15.4 Å². The Bertz CT molecular complexity index is 953. The average molecular weight is 355 g/mol. The summed E-state index contributed by atoms with van der Waals surface area (Å²) < 4.78 is 10.5. The zero-order valence-corrected chi connectivity index (χ0v) is 14.0. The van der Waals surface area contributed by atoms with E-state index in [-0.39, 0.29) is 12.5 Å². The van der Waals surface area contributed by atoms with E-state index in [0.29, 0.717) is 34.6 Å². The van der Waals surface area contributed by atoms with E-state index < -0.39 is 5.91 Å². The van der Waals surface area contributed by atoms with Crippen LogP contribution in [-0.4, -0.2) is 40.9 Å². The smallest absolute Gasteiger partial charge is 0.255 e. The number of hydrogen-bond donors (Lipinski definition) is 3. The second-order valence-electron chi connectivity index (χ2n) is 5.45. The SMILES string of the molecule is COc1cc(CNC(=O)c2ccc3n[nH]nc3c2)ccc1OCC(N)=O. The van der Waals surface area contributed by atoms with Gasteiger partial charge in [-0.05, 0) is 35.9 Å². The molecule has 0 bridgehead atoms. The first-order valence-corrected chi connectivity index (χ1v) is 7.73. The zero-order chi connectivity index (χ0) is 18.5. The van der Waals surface area contributed by atoms with Crippen molar-refractivity contribution in [3.8, 4) is 11.5 Å². The first-order chi connectivity index (χ1) is 12.6. The van der Waals surface area contributed by atoms with E-state index in [1.165, 1.54) is 7.11 Å². The third kappa shape index (κ3) is 3.89. The first kappa shape index (κ1) is 17.2. The number of nitrogens with one attached hydrogen (secondary N) is 2. The molecule has 9 heteroatoms. The minimum Gasteiger partial charge on any atom is -0.493 e. The number of carbonyl (C=O) groups is 2. The highest BCUT2D eigenvalue weighted by Crippen LogP contribution is 2.28. The molecule has 1 heterocycles. The monoisotopic (exact) mass is 355 g/mol. The molecular formula is C17H17N5O4. The van der Waals surface area contributed by atoms with Crippen molar-refractivity contribution in [2.75, 3.05) is 13.7 Å². The van der Waals surface area contributed by atoms with Gasteiger partial charge in [0, 0.05) is 12.1 Å². The van der Waals surface area contributed by atoms with E-state index in [1.54, 1.807) is 36.4 Å². The Morgan fingerprint density at radius 3 is 2.69 bits per heavy atom. The maximum absolute atomic E-state index is 12.3. The molecule has 3 rings (SSSR count). The Labute approximate surface area is 148 Å². The number of H-pyrrole nitrogens is 1. The maximum atomic E-state index is 12.3. The molecular weight excluding hydrogens is 338 g/mol. The number of benzene rings is 2. The van der Waals surface area contributed by atoms with Crippen LogP contribution in [0.3, 0.4) is 0 Å². The molecule has 134 valence electrons. The fourth-order valence-corrected chi connectivity index (χ4v) is 2.36. The summed E-state index contributed by atoms with van der Waals surface area (Å²) in [5.74, 6) is 0.0373. The molecule has 0 unspecified atom stereocenters. The van der Waals surface area contributed by atoms with Crippen LogP contribution in [-0.2, 0) is 11.3 Å². The predicted octanol–water partition coefficient (Wildman–Crippen LogP) is 0.761. The number of aromatic amines is 1. The quantitative estimate of drug-likeness (QED) is 0.573. The number of amides is 2. The number of fused-ring (bicyclic) bond motifs is 1. The van der Waals surface area contributed by atoms with Crippen LogP contribution < -0.4 is 20.5 Å². The minimum absolute atomic E-state index is 0.233. The number of ether oxygens (including phenoxy) is 2. The lowest BCUT2D eigenvalue weighted by atomic mass is 10.1. The van der Waals surface area contributed by atoms with Crippen LogP contribution in [0.15, 0.2) is 36.4 Å². The summed E-state index contributed by atoms with van der Waals surface area (Å²) in [7, 11) is 1.49. The average Bonchev–Trinajstić information content (AvgIpc) is 3.12. The minimum atomic E-state index is -0.576. The van der Waals surface area contributed by atoms with Crippen LogP contribution in [0.25, 0.3) is 11.0 Å². The standard InChI is InChI=1S/C17H17N5O4/c1-25-15-6-10(2-5-14(15)26-9-16(18)23)8-19-17(24)11-3-4-12-13(7-11)21-22-20-12/h2-7H,8-9H2,1H3,(H2,18,23)(H,19,24)(H,20,21,22). The molecule has 3 aromatic rings. The lowest BCUT2D eigenvalue weighted by Gasteiger charge is -2.12. The predicted molar refractivity (Wildman–Crippen MR) is 92.7 cm³/mol. The number of primary amides is 1. The van der Waals surface area contributed by atoms with Crippen molar-refractivity contribution in [2.45, 2.75) is 6.54 Å². The number of hydrogen-bond acceptors (Lipinski definition) is 6. The van der Waals surface area contributed by atoms with E-state index in [4.69, 9.17) is 15.2 Å². The van der Waals surface area contributed by atoms with Gasteiger partial charge < -0.3 is 20.5 Å². The van der Waals surface area contributed by atoms with Crippen LogP contribution in [0.1, 0.15) is 15.9 Å². The van der Waals surface area contributed by atoms with E-state index in [0.717, 1.165) is 5.56 Å². The molecule has 0 saturated heterocycles. The van der Waals surface area contributed by atoms with Crippen LogP contribution in [0.5, 0.6) is 11.5 Å². The molecule has 9 nitrogen and oxygen atoms in total. The van der Waals surface area contributed by atoms with Gasteiger partial charge >= 0.3 is 0 Å². The summed E-state index contributed by atoms with van der Waals surface area (Å²) in [6, 6.07) is 10.2. The number of aromatic nitrogens is 3. The first-order valence-electron chi connectivity index (χ1n) is 7.73. The Morgan fingerprint density at radius 2 is 1.92 bits per heavy atom. The van der Waals surface area contributed by atoms with Crippen molar-refractivity contribution in [1.82, 2.24) is 20.7 Å². The second kappa shape index (κ2) is 7.51. The molecule has 0 aliphatic rings. The number of methoxy groups -OCH3 is 1. The van der Waals surface area contributed by atoms with Crippen molar-refractivity contribution >= 4 is 22.8 Å². The Morgan fingerprint density at radius 1 is 1.12 bits per heavy atom. The fraction of sp³-hybridized carbons (Fsp3) is 0.176. The van der Waals surface area contributed by atoms with Gasteiger partial charge in [0.1, 0.15) is 11.0 Å². The van der Waals surface area contributed by atoms with Gasteiger partial charge in [-0.1, -0.05) is 6.07 Å². The third-order valence-corrected chi connectivity index (χ3v) is 3.63. The third-order valence-electron chi connectivity index (χ3n) is 3.63. The van der Waals surface area contributed by atoms with E-state index in [9.17, 15) is 9.59 Å². The molecule has 0 radical (unpaired) electrons.